The second-order valence-electron chi connectivity index (χ2n) is 8.49. The zero-order chi connectivity index (χ0) is 22.7. The molecule has 7 nitrogen and oxygen atoms in total. The van der Waals surface area contributed by atoms with Gasteiger partial charge in [-0.05, 0) is 43.7 Å². The number of likely N-dealkylation sites (N-methyl/N-ethyl adjacent to an activating group) is 1. The molecule has 1 aromatic carbocycles. The molecule has 4 rings (SSSR count). The van der Waals surface area contributed by atoms with Gasteiger partial charge in [-0.25, -0.2) is 13.4 Å². The molecule has 1 amide bonds. The first-order chi connectivity index (χ1) is 15.4. The molecule has 2 aliphatic rings. The van der Waals surface area contributed by atoms with E-state index in [4.69, 9.17) is 0 Å². The number of thiazole rings is 1. The summed E-state index contributed by atoms with van der Waals surface area (Å²) in [5, 5.41) is 3.48. The Balaban J connectivity index is 1.45. The van der Waals surface area contributed by atoms with E-state index in [2.05, 4.69) is 22.1 Å². The molecule has 0 bridgehead atoms. The molecule has 2 heterocycles. The molecule has 174 valence electrons. The van der Waals surface area contributed by atoms with Crippen LogP contribution in [0.3, 0.4) is 0 Å². The second kappa shape index (κ2) is 9.99. The fourth-order valence-electron chi connectivity index (χ4n) is 4.65. The second-order valence-corrected chi connectivity index (χ2v) is 11.5. The molecule has 1 fully saturated rings. The normalized spacial score (nSPS) is 18.0. The summed E-state index contributed by atoms with van der Waals surface area (Å²) in [6.45, 7) is 7.37. The zero-order valence-electron chi connectivity index (χ0n) is 18.8. The number of carbonyl (C=O) groups is 1. The van der Waals surface area contributed by atoms with E-state index in [0.29, 0.717) is 17.2 Å². The third-order valence-electron chi connectivity index (χ3n) is 6.49. The standard InChI is InChI=1S/C23H32N4O3S2/c1-3-26-15-14-20-21(16-26)31-23(24-20)25-22(28)17-10-12-19(13-11-17)32(29,30)27(4-2)18-8-6-5-7-9-18/h10-13,18H,3-9,14-16H2,1-2H3,(H,24,25,28). The minimum Gasteiger partial charge on any atom is -0.298 e. The fraction of sp³-hybridized carbons (Fsp3) is 0.565. The van der Waals surface area contributed by atoms with E-state index in [0.717, 1.165) is 57.4 Å². The van der Waals surface area contributed by atoms with E-state index < -0.39 is 10.0 Å². The maximum Gasteiger partial charge on any atom is 0.257 e. The zero-order valence-corrected chi connectivity index (χ0v) is 20.5. The average molecular weight is 477 g/mol. The number of nitrogens with one attached hydrogen (secondary N) is 1. The van der Waals surface area contributed by atoms with E-state index in [1.165, 1.54) is 22.6 Å². The van der Waals surface area contributed by atoms with Crippen molar-refractivity contribution in [3.8, 4) is 0 Å². The predicted octanol–water partition coefficient (Wildman–Crippen LogP) is 4.12. The van der Waals surface area contributed by atoms with Gasteiger partial charge >= 0.3 is 0 Å². The van der Waals surface area contributed by atoms with Crippen LogP contribution in [0.15, 0.2) is 29.2 Å². The summed E-state index contributed by atoms with van der Waals surface area (Å²) in [4.78, 5) is 21.1. The summed E-state index contributed by atoms with van der Waals surface area (Å²) in [5.41, 5.74) is 1.49. The summed E-state index contributed by atoms with van der Waals surface area (Å²) >= 11 is 1.52. The van der Waals surface area contributed by atoms with Gasteiger partial charge in [0.15, 0.2) is 5.13 Å². The Kier molecular flexibility index (Phi) is 7.29. The van der Waals surface area contributed by atoms with Crippen molar-refractivity contribution in [2.24, 2.45) is 0 Å². The molecular weight excluding hydrogens is 444 g/mol. The number of rotatable bonds is 7. The molecule has 0 spiro atoms. The molecule has 1 aliphatic carbocycles. The van der Waals surface area contributed by atoms with Crippen LogP contribution in [0.4, 0.5) is 5.13 Å². The van der Waals surface area contributed by atoms with Crippen LogP contribution < -0.4 is 5.32 Å². The fourth-order valence-corrected chi connectivity index (χ4v) is 7.39. The lowest BCUT2D eigenvalue weighted by Crippen LogP contribution is -2.41. The van der Waals surface area contributed by atoms with Crippen LogP contribution in [0.1, 0.15) is 66.9 Å². The number of anilines is 1. The highest BCUT2D eigenvalue weighted by atomic mass is 32.2. The highest BCUT2D eigenvalue weighted by Gasteiger charge is 2.31. The molecule has 1 aromatic heterocycles. The Morgan fingerprint density at radius 3 is 2.56 bits per heavy atom. The maximum absolute atomic E-state index is 13.2. The Hall–Kier alpha value is -1.81. The van der Waals surface area contributed by atoms with E-state index in [1.54, 1.807) is 28.6 Å². The number of aromatic nitrogens is 1. The first-order valence-electron chi connectivity index (χ1n) is 11.6. The minimum atomic E-state index is -3.58. The van der Waals surface area contributed by atoms with Crippen LogP contribution in [-0.4, -0.2) is 54.2 Å². The topological polar surface area (TPSA) is 82.6 Å². The Morgan fingerprint density at radius 1 is 1.19 bits per heavy atom. The van der Waals surface area contributed by atoms with Crippen molar-refractivity contribution in [3.05, 3.63) is 40.4 Å². The van der Waals surface area contributed by atoms with Crippen molar-refractivity contribution in [3.63, 3.8) is 0 Å². The minimum absolute atomic E-state index is 0.0706. The number of amides is 1. The van der Waals surface area contributed by atoms with E-state index in [9.17, 15) is 13.2 Å². The van der Waals surface area contributed by atoms with Crippen molar-refractivity contribution >= 4 is 32.4 Å². The van der Waals surface area contributed by atoms with Crippen molar-refractivity contribution in [1.29, 1.82) is 0 Å². The van der Waals surface area contributed by atoms with Crippen LogP contribution in [0.2, 0.25) is 0 Å². The molecule has 0 atom stereocenters. The van der Waals surface area contributed by atoms with Crippen LogP contribution in [0.25, 0.3) is 0 Å². The van der Waals surface area contributed by atoms with Crippen molar-refractivity contribution < 1.29 is 13.2 Å². The third-order valence-corrected chi connectivity index (χ3v) is 9.53. The van der Waals surface area contributed by atoms with Crippen LogP contribution in [0, 0.1) is 0 Å². The summed E-state index contributed by atoms with van der Waals surface area (Å²) < 4.78 is 28.0. The first-order valence-corrected chi connectivity index (χ1v) is 13.8. The van der Waals surface area contributed by atoms with E-state index >= 15 is 0 Å². The Bertz CT molecular complexity index is 1040. The molecule has 1 N–H and O–H groups in total. The van der Waals surface area contributed by atoms with Gasteiger partial charge in [-0.1, -0.05) is 33.1 Å². The van der Waals surface area contributed by atoms with Crippen molar-refractivity contribution in [2.75, 3.05) is 25.0 Å². The highest BCUT2D eigenvalue weighted by molar-refractivity contribution is 7.89. The summed E-state index contributed by atoms with van der Waals surface area (Å²) in [7, 11) is -3.58. The van der Waals surface area contributed by atoms with Gasteiger partial charge in [0.25, 0.3) is 5.91 Å². The largest absolute Gasteiger partial charge is 0.298 e. The van der Waals surface area contributed by atoms with Gasteiger partial charge < -0.3 is 0 Å². The van der Waals surface area contributed by atoms with Crippen LogP contribution in [-0.2, 0) is 23.0 Å². The number of carbonyl (C=O) groups excluding carboxylic acids is 1. The summed E-state index contributed by atoms with van der Waals surface area (Å²) in [6, 6.07) is 6.33. The van der Waals surface area contributed by atoms with E-state index in [1.807, 2.05) is 6.92 Å². The number of nitrogens with zero attached hydrogens (tertiary/aromatic N) is 3. The van der Waals surface area contributed by atoms with Crippen LogP contribution >= 0.6 is 11.3 Å². The quantitative estimate of drug-likeness (QED) is 0.650. The number of hydrogen-bond acceptors (Lipinski definition) is 6. The molecule has 32 heavy (non-hydrogen) atoms. The summed E-state index contributed by atoms with van der Waals surface area (Å²) in [6.07, 6.45) is 6.06. The lowest BCUT2D eigenvalue weighted by molar-refractivity contribution is 0.102. The van der Waals surface area contributed by atoms with Crippen molar-refractivity contribution in [2.45, 2.75) is 69.9 Å². The third kappa shape index (κ3) is 4.90. The van der Waals surface area contributed by atoms with Gasteiger partial charge in [0.1, 0.15) is 0 Å². The SMILES string of the molecule is CCN1CCc2nc(NC(=O)c3ccc(S(=O)(=O)N(CC)C4CCCCC4)cc3)sc2C1. The highest BCUT2D eigenvalue weighted by Crippen LogP contribution is 2.29. The number of hydrogen-bond donors (Lipinski definition) is 1. The molecule has 1 saturated carbocycles. The van der Waals surface area contributed by atoms with Gasteiger partial charge in [-0.15, -0.1) is 11.3 Å². The first kappa shape index (κ1) is 23.4. The number of sulfonamides is 1. The summed E-state index contributed by atoms with van der Waals surface area (Å²) in [5.74, 6) is -0.271. The average Bonchev–Trinajstić information content (AvgIpc) is 3.21. The molecule has 1 aliphatic heterocycles. The van der Waals surface area contributed by atoms with E-state index in [-0.39, 0.29) is 16.8 Å². The molecule has 9 heteroatoms. The Labute approximate surface area is 194 Å². The number of fused-ring (bicyclic) bond motifs is 1. The monoisotopic (exact) mass is 476 g/mol. The molecule has 0 radical (unpaired) electrons. The smallest absolute Gasteiger partial charge is 0.257 e. The lowest BCUT2D eigenvalue weighted by atomic mass is 9.95. The van der Waals surface area contributed by atoms with Gasteiger partial charge in [0.05, 0.1) is 10.6 Å². The molecule has 2 aromatic rings. The van der Waals surface area contributed by atoms with Gasteiger partial charge in [0, 0.05) is 42.5 Å². The molecular formula is C23H32N4O3S2. The molecule has 0 unspecified atom stereocenters. The van der Waals surface area contributed by atoms with Crippen molar-refractivity contribution in [1.82, 2.24) is 14.2 Å². The van der Waals surface area contributed by atoms with Gasteiger partial charge in [-0.3, -0.25) is 15.0 Å². The molecule has 0 saturated heterocycles. The number of benzene rings is 1. The van der Waals surface area contributed by atoms with Crippen LogP contribution in [0.5, 0.6) is 0 Å². The van der Waals surface area contributed by atoms with Gasteiger partial charge in [0.2, 0.25) is 10.0 Å². The Morgan fingerprint density at radius 2 is 1.91 bits per heavy atom. The van der Waals surface area contributed by atoms with Gasteiger partial charge in [-0.2, -0.15) is 4.31 Å². The predicted molar refractivity (Wildman–Crippen MR) is 128 cm³/mol. The lowest BCUT2D eigenvalue weighted by Gasteiger charge is -2.32. The maximum atomic E-state index is 13.2.